The molecule has 1 heterocycles. The number of nitrogens with zero attached hydrogens (tertiary/aromatic N) is 2. The van der Waals surface area contributed by atoms with Crippen molar-refractivity contribution in [1.29, 1.82) is 0 Å². The summed E-state index contributed by atoms with van der Waals surface area (Å²) < 4.78 is 1.98. The lowest BCUT2D eigenvalue weighted by Crippen LogP contribution is -1.95. The quantitative estimate of drug-likeness (QED) is 0.617. The van der Waals surface area contributed by atoms with E-state index in [1.165, 1.54) is 0 Å². The molecule has 0 N–H and O–H groups in total. The summed E-state index contributed by atoms with van der Waals surface area (Å²) in [6, 6.07) is 0. The van der Waals surface area contributed by atoms with Gasteiger partial charge in [0.1, 0.15) is 0 Å². The van der Waals surface area contributed by atoms with Crippen LogP contribution in [0.2, 0.25) is 0 Å². The Bertz CT molecular complexity index is 281. The first-order valence-corrected chi connectivity index (χ1v) is 3.76. The first kappa shape index (κ1) is 8.53. The van der Waals surface area contributed by atoms with E-state index in [1.807, 2.05) is 22.9 Å². The Kier molecular flexibility index (Phi) is 3.08. The predicted octanol–water partition coefficient (Wildman–Crippen LogP) is 2.18. The van der Waals surface area contributed by atoms with Gasteiger partial charge in [0.15, 0.2) is 0 Å². The number of hydrogen-bond acceptors (Lipinski definition) is 1. The maximum absolute atomic E-state index is 3.95. The Morgan fingerprint density at radius 2 is 2.33 bits per heavy atom. The van der Waals surface area contributed by atoms with Crippen LogP contribution in [0.5, 0.6) is 0 Å². The third-order valence-corrected chi connectivity index (χ3v) is 1.52. The molecule has 12 heavy (non-hydrogen) atoms. The number of hydrogen-bond donors (Lipinski definition) is 0. The van der Waals surface area contributed by atoms with Crippen LogP contribution in [-0.2, 0) is 6.54 Å². The highest BCUT2D eigenvalue weighted by Gasteiger charge is 1.91. The van der Waals surface area contributed by atoms with Gasteiger partial charge in [0.25, 0.3) is 0 Å². The van der Waals surface area contributed by atoms with Crippen LogP contribution in [0.15, 0.2) is 55.7 Å². The molecule has 0 aliphatic heterocycles. The molecular weight excluding hydrogens is 148 g/mol. The SMILES string of the molecule is C=C/C=C(\C=C)Cn1ccnc1. The lowest BCUT2D eigenvalue weighted by molar-refractivity contribution is 0.797. The van der Waals surface area contributed by atoms with Crippen LogP contribution in [0, 0.1) is 0 Å². The summed E-state index contributed by atoms with van der Waals surface area (Å²) in [4.78, 5) is 3.95. The number of rotatable bonds is 4. The summed E-state index contributed by atoms with van der Waals surface area (Å²) in [5.74, 6) is 0. The van der Waals surface area contributed by atoms with Crippen LogP contribution in [0.4, 0.5) is 0 Å². The molecule has 0 aromatic carbocycles. The van der Waals surface area contributed by atoms with E-state index in [-0.39, 0.29) is 0 Å². The van der Waals surface area contributed by atoms with Gasteiger partial charge in [-0.25, -0.2) is 4.98 Å². The average molecular weight is 160 g/mol. The molecule has 1 aromatic rings. The van der Waals surface area contributed by atoms with E-state index >= 15 is 0 Å². The summed E-state index contributed by atoms with van der Waals surface area (Å²) >= 11 is 0. The summed E-state index contributed by atoms with van der Waals surface area (Å²) in [6.45, 7) is 8.14. The van der Waals surface area contributed by atoms with Crippen LogP contribution in [0.1, 0.15) is 0 Å². The van der Waals surface area contributed by atoms with Crippen molar-refractivity contribution in [2.75, 3.05) is 0 Å². The van der Waals surface area contributed by atoms with Gasteiger partial charge in [0.2, 0.25) is 0 Å². The number of allylic oxidation sites excluding steroid dienone is 4. The lowest BCUT2D eigenvalue weighted by atomic mass is 10.2. The Morgan fingerprint density at radius 1 is 1.50 bits per heavy atom. The molecule has 0 aliphatic carbocycles. The minimum Gasteiger partial charge on any atom is -0.333 e. The van der Waals surface area contributed by atoms with Crippen molar-refractivity contribution in [3.63, 3.8) is 0 Å². The van der Waals surface area contributed by atoms with Crippen molar-refractivity contribution < 1.29 is 0 Å². The minimum atomic E-state index is 0.801. The molecule has 0 unspecified atom stereocenters. The largest absolute Gasteiger partial charge is 0.333 e. The molecule has 0 fully saturated rings. The van der Waals surface area contributed by atoms with Gasteiger partial charge in [-0.2, -0.15) is 0 Å². The molecule has 0 atom stereocenters. The molecule has 0 bridgehead atoms. The second-order valence-electron chi connectivity index (χ2n) is 2.42. The third kappa shape index (κ3) is 2.23. The van der Waals surface area contributed by atoms with Crippen LogP contribution in [-0.4, -0.2) is 9.55 Å². The zero-order valence-corrected chi connectivity index (χ0v) is 6.98. The van der Waals surface area contributed by atoms with Gasteiger partial charge in [-0.15, -0.1) is 0 Å². The normalized spacial score (nSPS) is 11.2. The topological polar surface area (TPSA) is 17.8 Å². The van der Waals surface area contributed by atoms with E-state index < -0.39 is 0 Å². The summed E-state index contributed by atoms with van der Waals surface area (Å²) in [5.41, 5.74) is 1.13. The van der Waals surface area contributed by atoms with Crippen molar-refractivity contribution in [2.24, 2.45) is 0 Å². The fourth-order valence-electron chi connectivity index (χ4n) is 0.928. The molecule has 1 aromatic heterocycles. The molecular formula is C10H12N2. The molecule has 0 spiro atoms. The Balaban J connectivity index is 2.66. The summed E-state index contributed by atoms with van der Waals surface area (Å²) in [5, 5.41) is 0. The summed E-state index contributed by atoms with van der Waals surface area (Å²) in [7, 11) is 0. The average Bonchev–Trinajstić information content (AvgIpc) is 2.56. The first-order valence-electron chi connectivity index (χ1n) is 3.76. The zero-order valence-electron chi connectivity index (χ0n) is 6.98. The Morgan fingerprint density at radius 3 is 2.83 bits per heavy atom. The van der Waals surface area contributed by atoms with Gasteiger partial charge in [0.05, 0.1) is 6.33 Å². The Hall–Kier alpha value is -1.57. The highest BCUT2D eigenvalue weighted by Crippen LogP contribution is 2.00. The molecule has 0 saturated heterocycles. The molecule has 0 aliphatic rings. The van der Waals surface area contributed by atoms with Crippen molar-refractivity contribution in [2.45, 2.75) is 6.54 Å². The van der Waals surface area contributed by atoms with Gasteiger partial charge >= 0.3 is 0 Å². The van der Waals surface area contributed by atoms with Crippen LogP contribution < -0.4 is 0 Å². The van der Waals surface area contributed by atoms with Crippen molar-refractivity contribution in [3.8, 4) is 0 Å². The van der Waals surface area contributed by atoms with Gasteiger partial charge in [-0.1, -0.05) is 31.4 Å². The maximum atomic E-state index is 3.95. The fourth-order valence-corrected chi connectivity index (χ4v) is 0.928. The second kappa shape index (κ2) is 4.34. The highest BCUT2D eigenvalue weighted by molar-refractivity contribution is 5.20. The van der Waals surface area contributed by atoms with Gasteiger partial charge in [0, 0.05) is 18.9 Å². The smallest absolute Gasteiger partial charge is 0.0949 e. The van der Waals surface area contributed by atoms with Crippen molar-refractivity contribution in [1.82, 2.24) is 9.55 Å². The number of imidazole rings is 1. The van der Waals surface area contributed by atoms with Crippen LogP contribution in [0.3, 0.4) is 0 Å². The lowest BCUT2D eigenvalue weighted by Gasteiger charge is -2.00. The van der Waals surface area contributed by atoms with Crippen molar-refractivity contribution in [3.05, 3.63) is 55.7 Å². The van der Waals surface area contributed by atoms with Gasteiger partial charge < -0.3 is 4.57 Å². The second-order valence-corrected chi connectivity index (χ2v) is 2.42. The fraction of sp³-hybridized carbons (Fsp3) is 0.100. The first-order chi connectivity index (χ1) is 5.86. The third-order valence-electron chi connectivity index (χ3n) is 1.52. The highest BCUT2D eigenvalue weighted by atomic mass is 15.0. The predicted molar refractivity (Wildman–Crippen MR) is 50.7 cm³/mol. The summed E-state index contributed by atoms with van der Waals surface area (Å²) in [6.07, 6.45) is 11.0. The van der Waals surface area contributed by atoms with E-state index in [2.05, 4.69) is 18.1 Å². The van der Waals surface area contributed by atoms with E-state index in [1.54, 1.807) is 18.6 Å². The van der Waals surface area contributed by atoms with Gasteiger partial charge in [-0.3, -0.25) is 0 Å². The van der Waals surface area contributed by atoms with Crippen LogP contribution in [0.25, 0.3) is 0 Å². The standard InChI is InChI=1S/C10H12N2/c1-3-5-10(4-2)8-12-7-6-11-9-12/h3-7,9H,1-2,8H2/b10-5+. The minimum absolute atomic E-state index is 0.801. The van der Waals surface area contributed by atoms with E-state index in [4.69, 9.17) is 0 Å². The zero-order chi connectivity index (χ0) is 8.81. The van der Waals surface area contributed by atoms with Gasteiger partial charge in [-0.05, 0) is 5.57 Å². The molecule has 2 heteroatoms. The molecule has 0 radical (unpaired) electrons. The molecule has 0 amide bonds. The maximum Gasteiger partial charge on any atom is 0.0949 e. The monoisotopic (exact) mass is 160 g/mol. The molecule has 1 rings (SSSR count). The van der Waals surface area contributed by atoms with E-state index in [0.717, 1.165) is 12.1 Å². The van der Waals surface area contributed by atoms with E-state index in [9.17, 15) is 0 Å². The van der Waals surface area contributed by atoms with E-state index in [0.29, 0.717) is 0 Å². The molecule has 2 nitrogen and oxygen atoms in total. The number of aromatic nitrogens is 2. The molecule has 62 valence electrons. The Labute approximate surface area is 72.6 Å². The van der Waals surface area contributed by atoms with Crippen molar-refractivity contribution >= 4 is 0 Å². The molecule has 0 saturated carbocycles. The van der Waals surface area contributed by atoms with Crippen LogP contribution >= 0.6 is 0 Å².